The molecular weight excluding hydrogens is 246 g/mol. The Morgan fingerprint density at radius 1 is 1.39 bits per heavy atom. The number of nitrogens with zero attached hydrogens (tertiary/aromatic N) is 2. The van der Waals surface area contributed by atoms with Gasteiger partial charge in [-0.3, -0.25) is 0 Å². The van der Waals surface area contributed by atoms with Crippen LogP contribution in [-0.2, 0) is 5.41 Å². The number of hydrogen-bond donors (Lipinski definition) is 1. The first-order valence-corrected chi connectivity index (χ1v) is 6.62. The summed E-state index contributed by atoms with van der Waals surface area (Å²) in [6.45, 7) is 9.11. The van der Waals surface area contributed by atoms with Gasteiger partial charge < -0.3 is 10.3 Å². The van der Waals surface area contributed by atoms with Crippen LogP contribution in [0.1, 0.15) is 39.6 Å². The number of aromatic nitrogens is 2. The summed E-state index contributed by atoms with van der Waals surface area (Å²) in [4.78, 5) is 4.74. The number of hydrogen-bond acceptors (Lipinski definition) is 2. The first-order chi connectivity index (χ1) is 8.36. The van der Waals surface area contributed by atoms with Crippen LogP contribution in [0, 0.1) is 0 Å². The normalized spacial score (nSPS) is 12.6. The number of imidazole rings is 1. The molecule has 3 nitrogen and oxygen atoms in total. The smallest absolute Gasteiger partial charge is 0.117 e. The fourth-order valence-electron chi connectivity index (χ4n) is 2.16. The number of fused-ring (bicyclic) bond motifs is 1. The first-order valence-electron chi connectivity index (χ1n) is 6.25. The van der Waals surface area contributed by atoms with Crippen LogP contribution < -0.4 is 5.73 Å². The monoisotopic (exact) mass is 265 g/mol. The van der Waals surface area contributed by atoms with Crippen molar-refractivity contribution >= 4 is 22.6 Å². The Hall–Kier alpha value is -1.06. The number of rotatable bonds is 3. The fraction of sp³-hybridized carbons (Fsp3) is 0.500. The van der Waals surface area contributed by atoms with Gasteiger partial charge in [-0.1, -0.05) is 25.4 Å². The van der Waals surface area contributed by atoms with Gasteiger partial charge >= 0.3 is 0 Å². The van der Waals surface area contributed by atoms with Gasteiger partial charge in [0.1, 0.15) is 5.82 Å². The van der Waals surface area contributed by atoms with E-state index in [2.05, 4.69) is 32.3 Å². The Morgan fingerprint density at radius 2 is 2.06 bits per heavy atom. The number of nitrogens with two attached hydrogens (primary N) is 1. The summed E-state index contributed by atoms with van der Waals surface area (Å²) in [7, 11) is 0. The van der Waals surface area contributed by atoms with E-state index in [-0.39, 0.29) is 5.41 Å². The maximum atomic E-state index is 6.09. The highest BCUT2D eigenvalue weighted by Gasteiger charge is 2.27. The topological polar surface area (TPSA) is 43.8 Å². The molecule has 1 aromatic carbocycles. The second kappa shape index (κ2) is 4.56. The molecule has 2 N–H and O–H groups in total. The van der Waals surface area contributed by atoms with Gasteiger partial charge in [0, 0.05) is 23.0 Å². The molecule has 0 bridgehead atoms. The van der Waals surface area contributed by atoms with E-state index in [9.17, 15) is 0 Å². The Morgan fingerprint density at radius 3 is 2.61 bits per heavy atom. The zero-order chi connectivity index (χ0) is 13.5. The molecule has 98 valence electrons. The van der Waals surface area contributed by atoms with Crippen molar-refractivity contribution in [1.82, 2.24) is 9.55 Å². The van der Waals surface area contributed by atoms with E-state index < -0.39 is 0 Å². The maximum absolute atomic E-state index is 6.09. The Balaban J connectivity index is 2.78. The number of benzene rings is 1. The zero-order valence-electron chi connectivity index (χ0n) is 11.4. The molecule has 0 aliphatic rings. The van der Waals surface area contributed by atoms with Crippen molar-refractivity contribution in [1.29, 1.82) is 0 Å². The summed E-state index contributed by atoms with van der Waals surface area (Å²) < 4.78 is 2.23. The second-order valence-corrected chi connectivity index (χ2v) is 6.06. The summed E-state index contributed by atoms with van der Waals surface area (Å²) in [5.74, 6) is 1.03. The van der Waals surface area contributed by atoms with Crippen molar-refractivity contribution in [3.8, 4) is 0 Å². The molecule has 18 heavy (non-hydrogen) atoms. The van der Waals surface area contributed by atoms with Crippen LogP contribution in [0.5, 0.6) is 0 Å². The third kappa shape index (κ3) is 2.13. The van der Waals surface area contributed by atoms with E-state index in [1.807, 2.05) is 18.2 Å². The Labute approximate surface area is 113 Å². The quantitative estimate of drug-likeness (QED) is 0.923. The highest BCUT2D eigenvalue weighted by molar-refractivity contribution is 6.31. The first kappa shape index (κ1) is 13.4. The molecule has 0 aliphatic carbocycles. The van der Waals surface area contributed by atoms with E-state index in [1.165, 1.54) is 0 Å². The van der Waals surface area contributed by atoms with Gasteiger partial charge in [0.05, 0.1) is 11.0 Å². The van der Waals surface area contributed by atoms with Crippen molar-refractivity contribution < 1.29 is 0 Å². The van der Waals surface area contributed by atoms with Gasteiger partial charge in [0.25, 0.3) is 0 Å². The summed E-state index contributed by atoms with van der Waals surface area (Å²) >= 11 is 6.09. The average molecular weight is 266 g/mol. The van der Waals surface area contributed by atoms with Gasteiger partial charge in [-0.25, -0.2) is 4.98 Å². The lowest BCUT2D eigenvalue weighted by atomic mass is 9.92. The summed E-state index contributed by atoms with van der Waals surface area (Å²) in [6.07, 6.45) is 0. The summed E-state index contributed by atoms with van der Waals surface area (Å²) in [5.41, 5.74) is 7.79. The van der Waals surface area contributed by atoms with E-state index in [4.69, 9.17) is 22.3 Å². The van der Waals surface area contributed by atoms with Crippen LogP contribution >= 0.6 is 11.6 Å². The van der Waals surface area contributed by atoms with Gasteiger partial charge in [0.15, 0.2) is 0 Å². The van der Waals surface area contributed by atoms with Crippen molar-refractivity contribution in [2.75, 3.05) is 6.54 Å². The third-order valence-electron chi connectivity index (χ3n) is 3.28. The largest absolute Gasteiger partial charge is 0.329 e. The van der Waals surface area contributed by atoms with Gasteiger partial charge in [-0.15, -0.1) is 0 Å². The molecule has 0 fully saturated rings. The molecule has 1 heterocycles. The van der Waals surface area contributed by atoms with Gasteiger partial charge in [-0.05, 0) is 32.0 Å². The zero-order valence-corrected chi connectivity index (χ0v) is 12.1. The lowest BCUT2D eigenvalue weighted by molar-refractivity contribution is 0.451. The molecule has 2 aromatic rings. The lowest BCUT2D eigenvalue weighted by Crippen LogP contribution is -2.32. The van der Waals surface area contributed by atoms with Crippen LogP contribution in [0.2, 0.25) is 5.02 Å². The van der Waals surface area contributed by atoms with Crippen LogP contribution in [0.3, 0.4) is 0 Å². The third-order valence-corrected chi connectivity index (χ3v) is 3.52. The summed E-state index contributed by atoms with van der Waals surface area (Å²) in [5, 5.41) is 0.737. The molecule has 0 spiro atoms. The minimum atomic E-state index is -0.143. The molecule has 1 aromatic heterocycles. The predicted molar refractivity (Wildman–Crippen MR) is 77.2 cm³/mol. The van der Waals surface area contributed by atoms with Crippen molar-refractivity contribution in [2.45, 2.75) is 39.2 Å². The van der Waals surface area contributed by atoms with E-state index in [0.29, 0.717) is 12.6 Å². The molecule has 0 atom stereocenters. The summed E-state index contributed by atoms with van der Waals surface area (Å²) in [6, 6.07) is 6.14. The van der Waals surface area contributed by atoms with Gasteiger partial charge in [0.2, 0.25) is 0 Å². The van der Waals surface area contributed by atoms with Crippen LogP contribution in [-0.4, -0.2) is 16.1 Å². The fourth-order valence-corrected chi connectivity index (χ4v) is 2.32. The number of halogens is 1. The minimum Gasteiger partial charge on any atom is -0.329 e. The molecule has 0 radical (unpaired) electrons. The van der Waals surface area contributed by atoms with Crippen LogP contribution in [0.15, 0.2) is 18.2 Å². The maximum Gasteiger partial charge on any atom is 0.117 e. The average Bonchev–Trinajstić information content (AvgIpc) is 2.68. The molecule has 2 rings (SSSR count). The van der Waals surface area contributed by atoms with Crippen molar-refractivity contribution in [3.05, 3.63) is 29.0 Å². The molecule has 0 amide bonds. The molecule has 0 aliphatic heterocycles. The van der Waals surface area contributed by atoms with E-state index >= 15 is 0 Å². The molecule has 0 unspecified atom stereocenters. The Bertz CT molecular complexity index is 570. The highest BCUT2D eigenvalue weighted by Crippen LogP contribution is 2.30. The predicted octanol–water partition coefficient (Wildman–Crippen LogP) is 3.51. The van der Waals surface area contributed by atoms with Gasteiger partial charge in [-0.2, -0.15) is 0 Å². The van der Waals surface area contributed by atoms with Crippen molar-refractivity contribution in [2.24, 2.45) is 5.73 Å². The van der Waals surface area contributed by atoms with E-state index in [0.717, 1.165) is 21.9 Å². The SMILES string of the molecule is CC(C)n1c(C(C)(C)CN)nc2ccc(Cl)cc21. The molecule has 4 heteroatoms. The highest BCUT2D eigenvalue weighted by atomic mass is 35.5. The van der Waals surface area contributed by atoms with Crippen LogP contribution in [0.4, 0.5) is 0 Å². The Kier molecular flexibility index (Phi) is 3.39. The minimum absolute atomic E-state index is 0.143. The van der Waals surface area contributed by atoms with Crippen LogP contribution in [0.25, 0.3) is 11.0 Å². The second-order valence-electron chi connectivity index (χ2n) is 5.62. The molecular formula is C14H20ClN3. The van der Waals surface area contributed by atoms with Crippen molar-refractivity contribution in [3.63, 3.8) is 0 Å². The molecule has 0 saturated heterocycles. The molecule has 0 saturated carbocycles. The van der Waals surface area contributed by atoms with E-state index in [1.54, 1.807) is 0 Å². The lowest BCUT2D eigenvalue weighted by Gasteiger charge is -2.25. The standard InChI is InChI=1S/C14H20ClN3/c1-9(2)18-12-7-10(15)5-6-11(12)17-13(18)14(3,4)8-16/h5-7,9H,8,16H2,1-4H3.